The molecular formula is C22H20ClNO3S. The van der Waals surface area contributed by atoms with Gasteiger partial charge in [-0.2, -0.15) is 0 Å². The fourth-order valence-corrected chi connectivity index (χ4v) is 3.49. The Kier molecular flexibility index (Phi) is 6.85. The molecule has 0 aliphatic rings. The minimum atomic E-state index is -0.308. The molecule has 144 valence electrons. The van der Waals surface area contributed by atoms with Crippen LogP contribution in [0.3, 0.4) is 0 Å². The van der Waals surface area contributed by atoms with Gasteiger partial charge in [-0.15, -0.1) is 11.8 Å². The molecule has 1 amide bonds. The highest BCUT2D eigenvalue weighted by Crippen LogP contribution is 2.33. The molecular weight excluding hydrogens is 394 g/mol. The zero-order valence-electron chi connectivity index (χ0n) is 15.5. The van der Waals surface area contributed by atoms with Crippen LogP contribution in [0.4, 0.5) is 5.69 Å². The summed E-state index contributed by atoms with van der Waals surface area (Å²) in [7, 11) is 1.62. The molecule has 4 nitrogen and oxygen atoms in total. The van der Waals surface area contributed by atoms with Crippen LogP contribution in [0.5, 0.6) is 17.2 Å². The molecule has 3 rings (SSSR count). The van der Waals surface area contributed by atoms with E-state index in [2.05, 4.69) is 5.32 Å². The van der Waals surface area contributed by atoms with Crippen LogP contribution in [0.2, 0.25) is 5.02 Å². The maximum atomic E-state index is 12.7. The number of ether oxygens (including phenoxy) is 2. The number of benzene rings is 3. The summed E-state index contributed by atoms with van der Waals surface area (Å²) in [6.07, 6.45) is 0. The van der Waals surface area contributed by atoms with E-state index >= 15 is 0 Å². The van der Waals surface area contributed by atoms with Crippen LogP contribution in [0, 0.1) is 0 Å². The number of hydrogen-bond donors (Lipinski definition) is 1. The third kappa shape index (κ3) is 5.44. The van der Waals surface area contributed by atoms with E-state index in [1.54, 1.807) is 25.3 Å². The summed E-state index contributed by atoms with van der Waals surface area (Å²) >= 11 is 7.58. The lowest BCUT2D eigenvalue weighted by Crippen LogP contribution is -2.22. The maximum Gasteiger partial charge on any atom is 0.237 e. The van der Waals surface area contributed by atoms with Gasteiger partial charge in [-0.3, -0.25) is 4.79 Å². The first-order chi connectivity index (χ1) is 13.5. The van der Waals surface area contributed by atoms with E-state index in [9.17, 15) is 4.79 Å². The molecule has 1 unspecified atom stereocenters. The Balaban J connectivity index is 1.70. The summed E-state index contributed by atoms with van der Waals surface area (Å²) in [6, 6.07) is 22.1. The number of rotatable bonds is 7. The number of carbonyl (C=O) groups is 1. The van der Waals surface area contributed by atoms with Crippen molar-refractivity contribution in [3.8, 4) is 17.2 Å². The van der Waals surface area contributed by atoms with Crippen LogP contribution in [0.25, 0.3) is 0 Å². The number of methoxy groups -OCH3 is 1. The number of nitrogens with one attached hydrogen (secondary N) is 1. The largest absolute Gasteiger partial charge is 0.497 e. The molecule has 3 aromatic rings. The molecule has 0 radical (unpaired) electrons. The first kappa shape index (κ1) is 20.1. The van der Waals surface area contributed by atoms with Gasteiger partial charge in [-0.1, -0.05) is 29.8 Å². The van der Waals surface area contributed by atoms with Crippen LogP contribution < -0.4 is 14.8 Å². The maximum absolute atomic E-state index is 12.7. The summed E-state index contributed by atoms with van der Waals surface area (Å²) in [4.78, 5) is 13.7. The fourth-order valence-electron chi connectivity index (χ4n) is 2.45. The van der Waals surface area contributed by atoms with E-state index in [4.69, 9.17) is 21.1 Å². The second-order valence-corrected chi connectivity index (χ2v) is 7.83. The zero-order chi connectivity index (χ0) is 19.9. The zero-order valence-corrected chi connectivity index (χ0v) is 17.1. The van der Waals surface area contributed by atoms with Gasteiger partial charge in [0.05, 0.1) is 18.0 Å². The molecule has 0 aliphatic carbocycles. The Morgan fingerprint density at radius 1 is 1.00 bits per heavy atom. The third-order valence-electron chi connectivity index (χ3n) is 3.91. The Morgan fingerprint density at radius 3 is 2.39 bits per heavy atom. The number of para-hydroxylation sites is 1. The van der Waals surface area contributed by atoms with Crippen LogP contribution in [0.15, 0.2) is 77.7 Å². The molecule has 0 aliphatic heterocycles. The van der Waals surface area contributed by atoms with Gasteiger partial charge in [0.15, 0.2) is 5.75 Å². The standard InChI is InChI=1S/C22H20ClNO3S/c1-15(28-19-11-9-17(26-2)10-12-19)22(25)24-20-14-16(23)8-13-21(20)27-18-6-4-3-5-7-18/h3-15H,1-2H3,(H,24,25). The minimum Gasteiger partial charge on any atom is -0.497 e. The summed E-state index contributed by atoms with van der Waals surface area (Å²) < 4.78 is 11.1. The molecule has 0 heterocycles. The first-order valence-corrected chi connectivity index (χ1v) is 9.95. The van der Waals surface area contributed by atoms with Crippen molar-refractivity contribution in [1.29, 1.82) is 0 Å². The molecule has 0 saturated carbocycles. The summed E-state index contributed by atoms with van der Waals surface area (Å²) in [5.41, 5.74) is 0.531. The molecule has 0 saturated heterocycles. The van der Waals surface area contributed by atoms with Crippen LogP contribution in [0.1, 0.15) is 6.92 Å². The van der Waals surface area contributed by atoms with Crippen molar-refractivity contribution in [2.75, 3.05) is 12.4 Å². The Bertz CT molecular complexity index is 932. The van der Waals surface area contributed by atoms with Gasteiger partial charge in [-0.05, 0) is 61.5 Å². The molecule has 0 bridgehead atoms. The lowest BCUT2D eigenvalue weighted by atomic mass is 10.2. The molecule has 6 heteroatoms. The molecule has 28 heavy (non-hydrogen) atoms. The lowest BCUT2D eigenvalue weighted by molar-refractivity contribution is -0.115. The number of carbonyl (C=O) groups excluding carboxylic acids is 1. The number of anilines is 1. The second kappa shape index (κ2) is 9.53. The van der Waals surface area contributed by atoms with Crippen LogP contribution in [-0.4, -0.2) is 18.3 Å². The topological polar surface area (TPSA) is 47.6 Å². The van der Waals surface area contributed by atoms with E-state index in [-0.39, 0.29) is 11.2 Å². The van der Waals surface area contributed by atoms with Crippen LogP contribution >= 0.6 is 23.4 Å². The Morgan fingerprint density at radius 2 is 1.71 bits per heavy atom. The average molecular weight is 414 g/mol. The highest BCUT2D eigenvalue weighted by atomic mass is 35.5. The smallest absolute Gasteiger partial charge is 0.237 e. The lowest BCUT2D eigenvalue weighted by Gasteiger charge is -2.16. The summed E-state index contributed by atoms with van der Waals surface area (Å²) in [5.74, 6) is 1.86. The van der Waals surface area contributed by atoms with Crippen molar-refractivity contribution in [2.24, 2.45) is 0 Å². The molecule has 1 N–H and O–H groups in total. The van der Waals surface area contributed by atoms with Gasteiger partial charge in [-0.25, -0.2) is 0 Å². The normalized spacial score (nSPS) is 11.5. The van der Waals surface area contributed by atoms with Gasteiger partial charge in [0, 0.05) is 9.92 Å². The number of halogens is 1. The average Bonchev–Trinajstić information content (AvgIpc) is 2.71. The van der Waals surface area contributed by atoms with E-state index in [1.165, 1.54) is 11.8 Å². The molecule has 0 fully saturated rings. The summed E-state index contributed by atoms with van der Waals surface area (Å²) in [6.45, 7) is 1.85. The van der Waals surface area contributed by atoms with Gasteiger partial charge in [0.1, 0.15) is 11.5 Å². The van der Waals surface area contributed by atoms with Crippen molar-refractivity contribution in [3.63, 3.8) is 0 Å². The van der Waals surface area contributed by atoms with Gasteiger partial charge in [0.2, 0.25) is 5.91 Å². The van der Waals surface area contributed by atoms with Gasteiger partial charge in [0.25, 0.3) is 0 Å². The van der Waals surface area contributed by atoms with Crippen LogP contribution in [-0.2, 0) is 4.79 Å². The number of hydrogen-bond acceptors (Lipinski definition) is 4. The highest BCUT2D eigenvalue weighted by molar-refractivity contribution is 8.00. The molecule has 0 aromatic heterocycles. The van der Waals surface area contributed by atoms with Gasteiger partial charge < -0.3 is 14.8 Å². The summed E-state index contributed by atoms with van der Waals surface area (Å²) in [5, 5.41) is 3.13. The fraction of sp³-hybridized carbons (Fsp3) is 0.136. The van der Waals surface area contributed by atoms with Crippen molar-refractivity contribution in [1.82, 2.24) is 0 Å². The number of amides is 1. The van der Waals surface area contributed by atoms with E-state index in [0.29, 0.717) is 22.2 Å². The molecule has 1 atom stereocenters. The first-order valence-electron chi connectivity index (χ1n) is 8.69. The monoisotopic (exact) mass is 413 g/mol. The highest BCUT2D eigenvalue weighted by Gasteiger charge is 2.17. The Hall–Kier alpha value is -2.63. The minimum absolute atomic E-state index is 0.138. The van der Waals surface area contributed by atoms with E-state index < -0.39 is 0 Å². The van der Waals surface area contributed by atoms with Gasteiger partial charge >= 0.3 is 0 Å². The predicted molar refractivity (Wildman–Crippen MR) is 115 cm³/mol. The quantitative estimate of drug-likeness (QED) is 0.464. The van der Waals surface area contributed by atoms with E-state index in [1.807, 2.05) is 61.5 Å². The number of thioether (sulfide) groups is 1. The molecule has 0 spiro atoms. The van der Waals surface area contributed by atoms with Crippen molar-refractivity contribution >= 4 is 35.0 Å². The third-order valence-corrected chi connectivity index (χ3v) is 5.26. The predicted octanol–water partition coefficient (Wildman–Crippen LogP) is 6.26. The van der Waals surface area contributed by atoms with Crippen molar-refractivity contribution in [2.45, 2.75) is 17.1 Å². The molecule has 3 aromatic carbocycles. The van der Waals surface area contributed by atoms with E-state index in [0.717, 1.165) is 10.6 Å². The van der Waals surface area contributed by atoms with Crippen molar-refractivity contribution < 1.29 is 14.3 Å². The second-order valence-electron chi connectivity index (χ2n) is 5.98. The Labute approximate surface area is 173 Å². The SMILES string of the molecule is COc1ccc(SC(C)C(=O)Nc2cc(Cl)ccc2Oc2ccccc2)cc1. The van der Waals surface area contributed by atoms with Crippen molar-refractivity contribution in [3.05, 3.63) is 77.8 Å².